The predicted octanol–water partition coefficient (Wildman–Crippen LogP) is 4.95. The molecule has 0 aliphatic heterocycles. The van der Waals surface area contributed by atoms with E-state index in [0.717, 1.165) is 30.9 Å². The van der Waals surface area contributed by atoms with Crippen LogP contribution in [0.4, 0.5) is 5.69 Å². The van der Waals surface area contributed by atoms with Crippen LogP contribution < -0.4 is 10.1 Å². The molecule has 1 heterocycles. The lowest BCUT2D eigenvalue weighted by Gasteiger charge is -2.14. The van der Waals surface area contributed by atoms with Crippen LogP contribution in [0.2, 0.25) is 5.02 Å². The van der Waals surface area contributed by atoms with Gasteiger partial charge in [0, 0.05) is 24.1 Å². The highest BCUT2D eigenvalue weighted by atomic mass is 35.5. The highest BCUT2D eigenvalue weighted by Crippen LogP contribution is 2.28. The molecule has 2 rings (SSSR count). The second-order valence-electron chi connectivity index (χ2n) is 5.36. The van der Waals surface area contributed by atoms with Crippen LogP contribution in [-0.2, 0) is 13.1 Å². The van der Waals surface area contributed by atoms with Gasteiger partial charge in [0.05, 0.1) is 17.7 Å². The van der Waals surface area contributed by atoms with Gasteiger partial charge in [-0.1, -0.05) is 18.5 Å². The van der Waals surface area contributed by atoms with Crippen LogP contribution in [0.3, 0.4) is 0 Å². The molecule has 0 aliphatic carbocycles. The number of nitrogens with zero attached hydrogens (tertiary/aromatic N) is 1. The van der Waals surface area contributed by atoms with E-state index in [9.17, 15) is 0 Å². The van der Waals surface area contributed by atoms with Gasteiger partial charge in [-0.3, -0.25) is 0 Å². The zero-order valence-electron chi connectivity index (χ0n) is 12.9. The van der Waals surface area contributed by atoms with Crippen molar-refractivity contribution in [2.75, 3.05) is 5.32 Å². The lowest BCUT2D eigenvalue weighted by molar-refractivity contribution is 0.242. The van der Waals surface area contributed by atoms with Crippen molar-refractivity contribution in [3.05, 3.63) is 47.2 Å². The van der Waals surface area contributed by atoms with Crippen molar-refractivity contribution >= 4 is 17.3 Å². The van der Waals surface area contributed by atoms with Crippen molar-refractivity contribution in [2.45, 2.75) is 46.4 Å². The lowest BCUT2D eigenvalue weighted by Crippen LogP contribution is -2.08. The number of aryl methyl sites for hydroxylation is 1. The zero-order valence-corrected chi connectivity index (χ0v) is 13.7. The first-order valence-electron chi connectivity index (χ1n) is 7.44. The third-order valence-electron chi connectivity index (χ3n) is 3.16. The van der Waals surface area contributed by atoms with E-state index in [0.29, 0.717) is 5.02 Å². The highest BCUT2D eigenvalue weighted by molar-refractivity contribution is 6.32. The Bertz CT molecular complexity index is 578. The fraction of sp³-hybridized carbons (Fsp3) is 0.412. The van der Waals surface area contributed by atoms with Crippen LogP contribution in [0.1, 0.15) is 32.9 Å². The van der Waals surface area contributed by atoms with Gasteiger partial charge in [-0.15, -0.1) is 0 Å². The van der Waals surface area contributed by atoms with Gasteiger partial charge in [0.1, 0.15) is 5.75 Å². The minimum Gasteiger partial charge on any atom is -0.489 e. The van der Waals surface area contributed by atoms with Crippen LogP contribution >= 0.6 is 11.6 Å². The van der Waals surface area contributed by atoms with E-state index >= 15 is 0 Å². The summed E-state index contributed by atoms with van der Waals surface area (Å²) in [5.74, 6) is 0.728. The van der Waals surface area contributed by atoms with Crippen LogP contribution in [0, 0.1) is 0 Å². The topological polar surface area (TPSA) is 26.2 Å². The number of halogens is 1. The standard InChI is InChI=1S/C17H23ClN2O/c1-4-9-20-10-5-6-15(20)12-19-14-7-8-17(16(18)11-14)21-13(2)3/h5-8,10-11,13,19H,4,9,12H2,1-3H3. The summed E-state index contributed by atoms with van der Waals surface area (Å²) in [5.41, 5.74) is 2.27. The minimum absolute atomic E-state index is 0.124. The Kier molecular flexibility index (Phi) is 5.57. The Hall–Kier alpha value is -1.61. The molecule has 0 radical (unpaired) electrons. The van der Waals surface area contributed by atoms with E-state index in [1.807, 2.05) is 32.0 Å². The number of ether oxygens (including phenoxy) is 1. The van der Waals surface area contributed by atoms with Crippen LogP contribution in [0.25, 0.3) is 0 Å². The maximum atomic E-state index is 6.24. The maximum Gasteiger partial charge on any atom is 0.138 e. The highest BCUT2D eigenvalue weighted by Gasteiger charge is 2.06. The van der Waals surface area contributed by atoms with Crippen molar-refractivity contribution in [1.82, 2.24) is 4.57 Å². The minimum atomic E-state index is 0.124. The first-order chi connectivity index (χ1) is 10.1. The van der Waals surface area contributed by atoms with Crippen molar-refractivity contribution in [1.29, 1.82) is 0 Å². The van der Waals surface area contributed by atoms with Gasteiger partial charge in [-0.25, -0.2) is 0 Å². The quantitative estimate of drug-likeness (QED) is 0.783. The second kappa shape index (κ2) is 7.41. The van der Waals surface area contributed by atoms with Gasteiger partial charge in [-0.05, 0) is 50.6 Å². The Balaban J connectivity index is 2.00. The Morgan fingerprint density at radius 1 is 1.29 bits per heavy atom. The molecule has 0 aliphatic rings. The molecule has 0 saturated carbocycles. The molecule has 0 spiro atoms. The van der Waals surface area contributed by atoms with E-state index in [4.69, 9.17) is 16.3 Å². The Morgan fingerprint density at radius 2 is 2.10 bits per heavy atom. The molecule has 0 amide bonds. The summed E-state index contributed by atoms with van der Waals surface area (Å²) in [4.78, 5) is 0. The fourth-order valence-electron chi connectivity index (χ4n) is 2.22. The number of benzene rings is 1. The van der Waals surface area contributed by atoms with E-state index in [1.54, 1.807) is 0 Å². The van der Waals surface area contributed by atoms with Crippen molar-refractivity contribution < 1.29 is 4.74 Å². The maximum absolute atomic E-state index is 6.24. The molecule has 1 aromatic heterocycles. The number of hydrogen-bond acceptors (Lipinski definition) is 2. The molecular formula is C17H23ClN2O. The first-order valence-corrected chi connectivity index (χ1v) is 7.82. The first kappa shape index (κ1) is 15.8. The predicted molar refractivity (Wildman–Crippen MR) is 89.3 cm³/mol. The monoisotopic (exact) mass is 306 g/mol. The van der Waals surface area contributed by atoms with Crippen LogP contribution in [0.5, 0.6) is 5.75 Å². The summed E-state index contributed by atoms with van der Waals surface area (Å²) in [6.45, 7) is 8.00. The van der Waals surface area contributed by atoms with Gasteiger partial charge in [-0.2, -0.15) is 0 Å². The number of hydrogen-bond donors (Lipinski definition) is 1. The van der Waals surface area contributed by atoms with Crippen molar-refractivity contribution in [3.63, 3.8) is 0 Å². The summed E-state index contributed by atoms with van der Waals surface area (Å²) < 4.78 is 7.91. The van der Waals surface area contributed by atoms with Crippen LogP contribution in [-0.4, -0.2) is 10.7 Å². The van der Waals surface area contributed by atoms with Gasteiger partial charge >= 0.3 is 0 Å². The van der Waals surface area contributed by atoms with Gasteiger partial charge < -0.3 is 14.6 Å². The van der Waals surface area contributed by atoms with Gasteiger partial charge in [0.15, 0.2) is 0 Å². The molecular weight excluding hydrogens is 284 g/mol. The normalized spacial score (nSPS) is 10.9. The van der Waals surface area contributed by atoms with Crippen molar-refractivity contribution in [2.24, 2.45) is 0 Å². The molecule has 21 heavy (non-hydrogen) atoms. The third-order valence-corrected chi connectivity index (χ3v) is 3.45. The zero-order chi connectivity index (χ0) is 15.2. The summed E-state index contributed by atoms with van der Waals surface area (Å²) in [6.07, 6.45) is 3.38. The molecule has 0 atom stereocenters. The molecule has 4 heteroatoms. The molecule has 3 nitrogen and oxygen atoms in total. The average Bonchev–Trinajstić information content (AvgIpc) is 2.87. The molecule has 0 bridgehead atoms. The summed E-state index contributed by atoms with van der Waals surface area (Å²) in [6, 6.07) is 10.0. The smallest absolute Gasteiger partial charge is 0.138 e. The second-order valence-corrected chi connectivity index (χ2v) is 5.77. The number of rotatable bonds is 7. The Morgan fingerprint density at radius 3 is 2.76 bits per heavy atom. The van der Waals surface area contributed by atoms with E-state index in [2.05, 4.69) is 35.1 Å². The largest absolute Gasteiger partial charge is 0.489 e. The van der Waals surface area contributed by atoms with Crippen molar-refractivity contribution in [3.8, 4) is 5.75 Å². The number of anilines is 1. The van der Waals surface area contributed by atoms with Gasteiger partial charge in [0.2, 0.25) is 0 Å². The SMILES string of the molecule is CCCn1cccc1CNc1ccc(OC(C)C)c(Cl)c1. The molecule has 114 valence electrons. The fourth-order valence-corrected chi connectivity index (χ4v) is 2.45. The molecule has 1 aromatic carbocycles. The molecule has 1 N–H and O–H groups in total. The van der Waals surface area contributed by atoms with E-state index in [-0.39, 0.29) is 6.10 Å². The average molecular weight is 307 g/mol. The Labute approximate surface area is 131 Å². The molecule has 2 aromatic rings. The van der Waals surface area contributed by atoms with Gasteiger partial charge in [0.25, 0.3) is 0 Å². The lowest BCUT2D eigenvalue weighted by atomic mass is 10.3. The van der Waals surface area contributed by atoms with E-state index in [1.165, 1.54) is 5.69 Å². The molecule has 0 saturated heterocycles. The summed E-state index contributed by atoms with van der Waals surface area (Å²) in [5, 5.41) is 4.04. The molecule has 0 unspecified atom stereocenters. The number of nitrogens with one attached hydrogen (secondary N) is 1. The summed E-state index contributed by atoms with van der Waals surface area (Å²) in [7, 11) is 0. The molecule has 0 fully saturated rings. The van der Waals surface area contributed by atoms with Crippen LogP contribution in [0.15, 0.2) is 36.5 Å². The third kappa shape index (κ3) is 4.43. The number of aromatic nitrogens is 1. The summed E-state index contributed by atoms with van der Waals surface area (Å²) >= 11 is 6.24. The van der Waals surface area contributed by atoms with E-state index < -0.39 is 0 Å².